The predicted octanol–water partition coefficient (Wildman–Crippen LogP) is 2.99. The number of hydrogen-bond donors (Lipinski definition) is 1. The first-order valence-corrected chi connectivity index (χ1v) is 6.47. The van der Waals surface area contributed by atoms with Crippen molar-refractivity contribution in [1.82, 2.24) is 9.78 Å². The largest absolute Gasteiger partial charge is 0.326 e. The van der Waals surface area contributed by atoms with E-state index < -0.39 is 0 Å². The van der Waals surface area contributed by atoms with E-state index in [4.69, 9.17) is 17.3 Å². The smallest absolute Gasteiger partial charge is 0.0987 e. The van der Waals surface area contributed by atoms with Crippen LogP contribution in [0.2, 0.25) is 5.02 Å². The van der Waals surface area contributed by atoms with Crippen LogP contribution in [-0.4, -0.2) is 9.78 Å². The van der Waals surface area contributed by atoms with Crippen molar-refractivity contribution in [2.45, 2.75) is 23.4 Å². The lowest BCUT2D eigenvalue weighted by Crippen LogP contribution is -2.00. The third kappa shape index (κ3) is 2.65. The first kappa shape index (κ1) is 12.5. The van der Waals surface area contributed by atoms with Crippen molar-refractivity contribution in [3.05, 3.63) is 40.5 Å². The molecule has 0 aliphatic rings. The zero-order valence-electron chi connectivity index (χ0n) is 9.77. The summed E-state index contributed by atoms with van der Waals surface area (Å²) in [5, 5.41) is 6.12. The average molecular weight is 268 g/mol. The van der Waals surface area contributed by atoms with Gasteiger partial charge in [-0.3, -0.25) is 4.68 Å². The minimum Gasteiger partial charge on any atom is -0.326 e. The van der Waals surface area contributed by atoms with Crippen molar-refractivity contribution in [3.63, 3.8) is 0 Å². The van der Waals surface area contributed by atoms with Gasteiger partial charge in [-0.25, -0.2) is 0 Å². The molecule has 0 bridgehead atoms. The minimum absolute atomic E-state index is 0.443. The molecule has 0 aliphatic heterocycles. The van der Waals surface area contributed by atoms with E-state index in [-0.39, 0.29) is 0 Å². The third-order valence-corrected chi connectivity index (χ3v) is 4.00. The summed E-state index contributed by atoms with van der Waals surface area (Å²) >= 11 is 7.76. The van der Waals surface area contributed by atoms with Crippen LogP contribution >= 0.6 is 23.4 Å². The molecular weight excluding hydrogens is 254 g/mol. The molecule has 1 aromatic carbocycles. The van der Waals surface area contributed by atoms with Crippen molar-refractivity contribution in [3.8, 4) is 0 Å². The number of nitrogens with zero attached hydrogens (tertiary/aromatic N) is 2. The van der Waals surface area contributed by atoms with Crippen LogP contribution in [0.4, 0.5) is 0 Å². The maximum atomic E-state index is 6.12. The fourth-order valence-electron chi connectivity index (χ4n) is 1.63. The van der Waals surface area contributed by atoms with Gasteiger partial charge < -0.3 is 5.73 Å². The standard InChI is InChI=1S/C12H14ClN3S/c1-8-6-12(16(2)15-8)17-11-5-3-4-10(13)9(11)7-14/h3-6H,7,14H2,1-2H3. The van der Waals surface area contributed by atoms with Crippen LogP contribution in [0.1, 0.15) is 11.3 Å². The Hall–Kier alpha value is -0.970. The van der Waals surface area contributed by atoms with Crippen molar-refractivity contribution >= 4 is 23.4 Å². The molecule has 5 heteroatoms. The minimum atomic E-state index is 0.443. The van der Waals surface area contributed by atoms with Gasteiger partial charge in [0, 0.05) is 23.5 Å². The highest BCUT2D eigenvalue weighted by molar-refractivity contribution is 7.99. The Morgan fingerprint density at radius 2 is 2.24 bits per heavy atom. The topological polar surface area (TPSA) is 43.8 Å². The average Bonchev–Trinajstić information content (AvgIpc) is 2.58. The van der Waals surface area contributed by atoms with E-state index in [1.165, 1.54) is 0 Å². The van der Waals surface area contributed by atoms with Crippen LogP contribution in [0, 0.1) is 6.92 Å². The quantitative estimate of drug-likeness (QED) is 0.930. The lowest BCUT2D eigenvalue weighted by molar-refractivity contribution is 0.692. The van der Waals surface area contributed by atoms with Crippen molar-refractivity contribution in [2.24, 2.45) is 12.8 Å². The molecule has 0 atom stereocenters. The molecule has 1 heterocycles. The Morgan fingerprint density at radius 3 is 2.82 bits per heavy atom. The highest BCUT2D eigenvalue weighted by Crippen LogP contribution is 2.33. The Labute approximate surface area is 110 Å². The maximum absolute atomic E-state index is 6.12. The molecule has 0 unspecified atom stereocenters. The van der Waals surface area contributed by atoms with Gasteiger partial charge in [0.15, 0.2) is 0 Å². The SMILES string of the molecule is Cc1cc(Sc2cccc(Cl)c2CN)n(C)n1. The molecule has 0 aliphatic carbocycles. The molecule has 0 saturated carbocycles. The zero-order valence-corrected chi connectivity index (χ0v) is 11.3. The van der Waals surface area contributed by atoms with E-state index in [1.807, 2.05) is 42.9 Å². The van der Waals surface area contributed by atoms with Gasteiger partial charge >= 0.3 is 0 Å². The van der Waals surface area contributed by atoms with Gasteiger partial charge in [0.1, 0.15) is 0 Å². The molecule has 0 saturated heterocycles. The van der Waals surface area contributed by atoms with E-state index in [0.717, 1.165) is 26.2 Å². The van der Waals surface area contributed by atoms with Crippen molar-refractivity contribution in [2.75, 3.05) is 0 Å². The summed E-state index contributed by atoms with van der Waals surface area (Å²) in [6.45, 7) is 2.42. The van der Waals surface area contributed by atoms with E-state index >= 15 is 0 Å². The van der Waals surface area contributed by atoms with E-state index in [9.17, 15) is 0 Å². The molecule has 17 heavy (non-hydrogen) atoms. The second kappa shape index (κ2) is 5.12. The lowest BCUT2D eigenvalue weighted by Gasteiger charge is -2.08. The molecular formula is C12H14ClN3S. The van der Waals surface area contributed by atoms with Crippen LogP contribution in [-0.2, 0) is 13.6 Å². The summed E-state index contributed by atoms with van der Waals surface area (Å²) in [5.41, 5.74) is 7.72. The Balaban J connectivity index is 2.36. The molecule has 90 valence electrons. The van der Waals surface area contributed by atoms with Crippen molar-refractivity contribution in [1.29, 1.82) is 0 Å². The number of rotatable bonds is 3. The molecule has 0 radical (unpaired) electrons. The predicted molar refractivity (Wildman–Crippen MR) is 71.4 cm³/mol. The van der Waals surface area contributed by atoms with Gasteiger partial charge in [-0.2, -0.15) is 5.10 Å². The first-order valence-electron chi connectivity index (χ1n) is 5.27. The number of aromatic nitrogens is 2. The first-order chi connectivity index (χ1) is 8.11. The maximum Gasteiger partial charge on any atom is 0.0987 e. The summed E-state index contributed by atoms with van der Waals surface area (Å²) in [6, 6.07) is 7.88. The fraction of sp³-hybridized carbons (Fsp3) is 0.250. The number of halogens is 1. The fourth-order valence-corrected chi connectivity index (χ4v) is 3.03. The van der Waals surface area contributed by atoms with Crippen LogP contribution < -0.4 is 5.73 Å². The summed E-state index contributed by atoms with van der Waals surface area (Å²) in [5.74, 6) is 0. The highest BCUT2D eigenvalue weighted by Gasteiger charge is 2.09. The van der Waals surface area contributed by atoms with Crippen LogP contribution in [0.25, 0.3) is 0 Å². The second-order valence-electron chi connectivity index (χ2n) is 3.77. The summed E-state index contributed by atoms with van der Waals surface area (Å²) < 4.78 is 1.86. The Bertz CT molecular complexity index is 537. The summed E-state index contributed by atoms with van der Waals surface area (Å²) in [7, 11) is 1.93. The second-order valence-corrected chi connectivity index (χ2v) is 5.24. The van der Waals surface area contributed by atoms with Gasteiger partial charge in [0.05, 0.1) is 10.7 Å². The molecule has 2 rings (SSSR count). The number of benzene rings is 1. The molecule has 0 spiro atoms. The van der Waals surface area contributed by atoms with Gasteiger partial charge in [-0.1, -0.05) is 29.4 Å². The van der Waals surface area contributed by atoms with Gasteiger partial charge in [0.2, 0.25) is 0 Å². The summed E-state index contributed by atoms with van der Waals surface area (Å²) in [4.78, 5) is 1.09. The van der Waals surface area contributed by atoms with Crippen molar-refractivity contribution < 1.29 is 0 Å². The molecule has 2 N–H and O–H groups in total. The third-order valence-electron chi connectivity index (χ3n) is 2.45. The Morgan fingerprint density at radius 1 is 1.47 bits per heavy atom. The Kier molecular flexibility index (Phi) is 3.76. The van der Waals surface area contributed by atoms with Gasteiger partial charge in [-0.05, 0) is 30.7 Å². The zero-order chi connectivity index (χ0) is 12.4. The number of aryl methyl sites for hydroxylation is 2. The monoisotopic (exact) mass is 267 g/mol. The number of hydrogen-bond acceptors (Lipinski definition) is 3. The normalized spacial score (nSPS) is 10.8. The molecule has 2 aromatic rings. The molecule has 0 fully saturated rings. The van der Waals surface area contributed by atoms with E-state index in [1.54, 1.807) is 11.8 Å². The molecule has 1 aromatic heterocycles. The van der Waals surface area contributed by atoms with Gasteiger partial charge in [-0.15, -0.1) is 0 Å². The number of nitrogens with two attached hydrogens (primary N) is 1. The summed E-state index contributed by atoms with van der Waals surface area (Å²) in [6.07, 6.45) is 0. The van der Waals surface area contributed by atoms with E-state index in [0.29, 0.717) is 6.54 Å². The van der Waals surface area contributed by atoms with Crippen LogP contribution in [0.5, 0.6) is 0 Å². The van der Waals surface area contributed by atoms with Gasteiger partial charge in [0.25, 0.3) is 0 Å². The van der Waals surface area contributed by atoms with Crippen LogP contribution in [0.3, 0.4) is 0 Å². The lowest BCUT2D eigenvalue weighted by atomic mass is 10.2. The molecule has 3 nitrogen and oxygen atoms in total. The van der Waals surface area contributed by atoms with Crippen LogP contribution in [0.15, 0.2) is 34.2 Å². The van der Waals surface area contributed by atoms with E-state index in [2.05, 4.69) is 5.10 Å². The highest BCUT2D eigenvalue weighted by atomic mass is 35.5. The molecule has 0 amide bonds.